The van der Waals surface area contributed by atoms with E-state index < -0.39 is 5.97 Å². The summed E-state index contributed by atoms with van der Waals surface area (Å²) in [7, 11) is 0. The Balaban J connectivity index is 2.11. The van der Waals surface area contributed by atoms with Gasteiger partial charge < -0.3 is 14.8 Å². The quantitative estimate of drug-likeness (QED) is 0.838. The first-order valence-corrected chi connectivity index (χ1v) is 5.92. The minimum Gasteiger partial charge on any atom is -0.478 e. The van der Waals surface area contributed by atoms with Crippen LogP contribution in [0.3, 0.4) is 0 Å². The van der Waals surface area contributed by atoms with Crippen LogP contribution in [0.5, 0.6) is 0 Å². The van der Waals surface area contributed by atoms with Gasteiger partial charge >= 0.3 is 5.97 Å². The van der Waals surface area contributed by atoms with Gasteiger partial charge in [0.25, 0.3) is 5.91 Å². The van der Waals surface area contributed by atoms with Crippen molar-refractivity contribution < 1.29 is 19.1 Å². The van der Waals surface area contributed by atoms with Crippen LogP contribution in [0.1, 0.15) is 21.7 Å². The van der Waals surface area contributed by atoms with E-state index in [0.29, 0.717) is 22.6 Å². The number of carbonyl (C=O) groups is 2. The number of carboxylic acids is 1. The van der Waals surface area contributed by atoms with Crippen LogP contribution in [0, 0.1) is 6.92 Å². The topological polar surface area (TPSA) is 79.5 Å². The third kappa shape index (κ3) is 3.58. The van der Waals surface area contributed by atoms with Crippen LogP contribution < -0.4 is 5.32 Å². The Bertz CT molecular complexity index is 670. The molecular formula is C15H13NO4. The summed E-state index contributed by atoms with van der Waals surface area (Å²) in [6, 6.07) is 8.53. The van der Waals surface area contributed by atoms with E-state index in [-0.39, 0.29) is 5.91 Å². The highest BCUT2D eigenvalue weighted by Crippen LogP contribution is 2.14. The molecule has 0 saturated heterocycles. The minimum atomic E-state index is -1.02. The highest BCUT2D eigenvalue weighted by Gasteiger charge is 2.08. The number of furan rings is 1. The smallest absolute Gasteiger partial charge is 0.328 e. The summed E-state index contributed by atoms with van der Waals surface area (Å²) >= 11 is 0. The molecule has 2 rings (SSSR count). The molecule has 20 heavy (non-hydrogen) atoms. The minimum absolute atomic E-state index is 0.277. The Morgan fingerprint density at radius 1 is 1.30 bits per heavy atom. The third-order valence-corrected chi connectivity index (χ3v) is 2.56. The van der Waals surface area contributed by atoms with E-state index in [1.807, 2.05) is 0 Å². The summed E-state index contributed by atoms with van der Waals surface area (Å²) in [6.45, 7) is 1.76. The van der Waals surface area contributed by atoms with Crippen LogP contribution in [-0.4, -0.2) is 17.0 Å². The molecule has 0 bridgehead atoms. The van der Waals surface area contributed by atoms with Gasteiger partial charge in [0.2, 0.25) is 0 Å². The number of aryl methyl sites for hydroxylation is 1. The summed E-state index contributed by atoms with van der Waals surface area (Å²) in [5.41, 5.74) is 1.71. The van der Waals surface area contributed by atoms with E-state index in [2.05, 4.69) is 5.32 Å². The molecular weight excluding hydrogens is 258 g/mol. The highest BCUT2D eigenvalue weighted by molar-refractivity contribution is 6.04. The summed E-state index contributed by atoms with van der Waals surface area (Å²) in [6.07, 6.45) is 3.89. The fraction of sp³-hybridized carbons (Fsp3) is 0.0667. The van der Waals surface area contributed by atoms with Gasteiger partial charge in [-0.3, -0.25) is 4.79 Å². The van der Waals surface area contributed by atoms with Crippen molar-refractivity contribution in [1.82, 2.24) is 0 Å². The lowest BCUT2D eigenvalue weighted by atomic mass is 10.2. The second-order valence-corrected chi connectivity index (χ2v) is 4.20. The Kier molecular flexibility index (Phi) is 4.00. The fourth-order valence-electron chi connectivity index (χ4n) is 1.65. The van der Waals surface area contributed by atoms with Crippen molar-refractivity contribution in [2.24, 2.45) is 0 Å². The van der Waals surface area contributed by atoms with E-state index >= 15 is 0 Å². The lowest BCUT2D eigenvalue weighted by Crippen LogP contribution is -2.10. The maximum Gasteiger partial charge on any atom is 0.328 e. The van der Waals surface area contributed by atoms with E-state index in [1.54, 1.807) is 37.3 Å². The number of amides is 1. The number of hydrogen-bond donors (Lipinski definition) is 2. The van der Waals surface area contributed by atoms with Gasteiger partial charge in [-0.15, -0.1) is 0 Å². The molecule has 1 amide bonds. The van der Waals surface area contributed by atoms with Crippen molar-refractivity contribution in [1.29, 1.82) is 0 Å². The average molecular weight is 271 g/mol. The molecule has 5 heteroatoms. The second kappa shape index (κ2) is 5.88. The Morgan fingerprint density at radius 3 is 2.75 bits per heavy atom. The van der Waals surface area contributed by atoms with Gasteiger partial charge in [0.05, 0.1) is 5.56 Å². The number of carbonyl (C=O) groups excluding carboxylic acids is 1. The van der Waals surface area contributed by atoms with Crippen LogP contribution >= 0.6 is 0 Å². The summed E-state index contributed by atoms with van der Waals surface area (Å²) in [4.78, 5) is 22.4. The maximum atomic E-state index is 11.9. The zero-order chi connectivity index (χ0) is 14.5. The van der Waals surface area contributed by atoms with Crippen LogP contribution in [0.25, 0.3) is 6.08 Å². The molecule has 102 valence electrons. The molecule has 0 aliphatic carbocycles. The largest absolute Gasteiger partial charge is 0.478 e. The number of anilines is 1. The van der Waals surface area contributed by atoms with Crippen molar-refractivity contribution in [3.63, 3.8) is 0 Å². The van der Waals surface area contributed by atoms with E-state index in [4.69, 9.17) is 9.52 Å². The van der Waals surface area contributed by atoms with Crippen LogP contribution in [-0.2, 0) is 4.79 Å². The number of nitrogens with one attached hydrogen (secondary N) is 1. The number of carboxylic acid groups (broad SMARTS) is 1. The van der Waals surface area contributed by atoms with E-state index in [9.17, 15) is 9.59 Å². The SMILES string of the molecule is Cc1cc(C(=O)Nc2cccc(/C=C/C(=O)O)c2)co1. The molecule has 0 spiro atoms. The lowest BCUT2D eigenvalue weighted by Gasteiger charge is -2.04. The molecule has 2 N–H and O–H groups in total. The second-order valence-electron chi connectivity index (χ2n) is 4.20. The summed E-state index contributed by atoms with van der Waals surface area (Å²) in [5, 5.41) is 11.3. The van der Waals surface area contributed by atoms with Crippen molar-refractivity contribution in [2.45, 2.75) is 6.92 Å². The molecule has 0 saturated carbocycles. The first kappa shape index (κ1) is 13.6. The average Bonchev–Trinajstić information content (AvgIpc) is 2.84. The summed E-state index contributed by atoms with van der Waals surface area (Å²) in [5.74, 6) is -0.636. The van der Waals surface area contributed by atoms with Gasteiger partial charge in [0, 0.05) is 11.8 Å². The zero-order valence-corrected chi connectivity index (χ0v) is 10.8. The molecule has 5 nitrogen and oxygen atoms in total. The first-order chi connectivity index (χ1) is 9.54. The van der Waals surface area contributed by atoms with Gasteiger partial charge in [0.1, 0.15) is 12.0 Å². The number of hydrogen-bond acceptors (Lipinski definition) is 3. The number of aliphatic carboxylic acids is 1. The Labute approximate surface area is 115 Å². The Hall–Kier alpha value is -2.82. The van der Waals surface area contributed by atoms with Crippen LogP contribution in [0.2, 0.25) is 0 Å². The molecule has 0 atom stereocenters. The monoisotopic (exact) mass is 271 g/mol. The number of rotatable bonds is 4. The standard InChI is InChI=1S/C15H13NO4/c1-10-7-12(9-20-10)15(19)16-13-4-2-3-11(8-13)5-6-14(17)18/h2-9H,1H3,(H,16,19)(H,17,18)/b6-5+. The van der Waals surface area contributed by atoms with Crippen molar-refractivity contribution in [3.05, 3.63) is 59.6 Å². The zero-order valence-electron chi connectivity index (χ0n) is 10.8. The van der Waals surface area contributed by atoms with Crippen molar-refractivity contribution in [3.8, 4) is 0 Å². The summed E-state index contributed by atoms with van der Waals surface area (Å²) < 4.78 is 5.07. The van der Waals surface area contributed by atoms with Gasteiger partial charge in [-0.1, -0.05) is 12.1 Å². The van der Waals surface area contributed by atoms with Crippen LogP contribution in [0.15, 0.2) is 47.1 Å². The molecule has 1 aromatic heterocycles. The van der Waals surface area contributed by atoms with E-state index in [1.165, 1.54) is 12.3 Å². The fourth-order valence-corrected chi connectivity index (χ4v) is 1.65. The predicted octanol–water partition coefficient (Wildman–Crippen LogP) is 2.94. The van der Waals surface area contributed by atoms with E-state index in [0.717, 1.165) is 6.08 Å². The molecule has 2 aromatic rings. The molecule has 0 radical (unpaired) electrons. The third-order valence-electron chi connectivity index (χ3n) is 2.56. The maximum absolute atomic E-state index is 11.9. The van der Waals surface area contributed by atoms with Gasteiger partial charge in [-0.05, 0) is 36.8 Å². The van der Waals surface area contributed by atoms with Crippen molar-refractivity contribution in [2.75, 3.05) is 5.32 Å². The number of benzene rings is 1. The normalized spacial score (nSPS) is 10.7. The Morgan fingerprint density at radius 2 is 2.10 bits per heavy atom. The van der Waals surface area contributed by atoms with Crippen molar-refractivity contribution >= 4 is 23.6 Å². The molecule has 0 unspecified atom stereocenters. The first-order valence-electron chi connectivity index (χ1n) is 5.92. The molecule has 1 heterocycles. The molecule has 0 aliphatic heterocycles. The highest BCUT2D eigenvalue weighted by atomic mass is 16.4. The lowest BCUT2D eigenvalue weighted by molar-refractivity contribution is -0.131. The van der Waals surface area contributed by atoms with Crippen LogP contribution in [0.4, 0.5) is 5.69 Å². The van der Waals surface area contributed by atoms with Gasteiger partial charge in [0.15, 0.2) is 0 Å². The predicted molar refractivity (Wildman–Crippen MR) is 74.5 cm³/mol. The molecule has 0 fully saturated rings. The van der Waals surface area contributed by atoms with Gasteiger partial charge in [-0.2, -0.15) is 0 Å². The van der Waals surface area contributed by atoms with Gasteiger partial charge in [-0.25, -0.2) is 4.79 Å². The molecule has 0 aliphatic rings. The molecule has 1 aromatic carbocycles.